The summed E-state index contributed by atoms with van der Waals surface area (Å²) in [7, 11) is 3.92. The van der Waals surface area contributed by atoms with Crippen molar-refractivity contribution in [3.8, 4) is 17.1 Å². The number of anilines is 1. The van der Waals surface area contributed by atoms with Crippen molar-refractivity contribution in [3.05, 3.63) is 60.0 Å². The van der Waals surface area contributed by atoms with Crippen molar-refractivity contribution in [2.24, 2.45) is 0 Å². The molecule has 1 aromatic carbocycles. The second-order valence-electron chi connectivity index (χ2n) is 6.27. The third-order valence-corrected chi connectivity index (χ3v) is 4.40. The van der Waals surface area contributed by atoms with Gasteiger partial charge in [0.15, 0.2) is 0 Å². The van der Waals surface area contributed by atoms with E-state index < -0.39 is 0 Å². The molecular weight excluding hydrogens is 314 g/mol. The first kappa shape index (κ1) is 15.4. The van der Waals surface area contributed by atoms with Crippen molar-refractivity contribution >= 4 is 11.7 Å². The molecule has 0 saturated heterocycles. The number of hydrogen-bond donors (Lipinski definition) is 1. The highest BCUT2D eigenvalue weighted by Gasteiger charge is 2.18. The predicted molar refractivity (Wildman–Crippen MR) is 97.2 cm³/mol. The van der Waals surface area contributed by atoms with Crippen molar-refractivity contribution in [3.63, 3.8) is 0 Å². The van der Waals surface area contributed by atoms with Gasteiger partial charge in [-0.15, -0.1) is 0 Å². The molecule has 0 aliphatic carbocycles. The second-order valence-corrected chi connectivity index (χ2v) is 6.27. The number of nitrogens with one attached hydrogen (secondary N) is 1. The Morgan fingerprint density at radius 2 is 2.04 bits per heavy atom. The molecule has 3 aromatic rings. The van der Waals surface area contributed by atoms with Gasteiger partial charge in [-0.25, -0.2) is 9.97 Å². The lowest BCUT2D eigenvalue weighted by molar-refractivity contribution is 0.0946. The molecule has 0 spiro atoms. The standard InChI is InChI=1S/C19H19N5O/c1-23(2)17-6-4-14(12-22-17)18-20-9-10-24(18)15-5-3-13-7-8-21-19(25)16(13)11-15/h3-6,9-12H,7-8H2,1-2H3,(H,21,25). The Kier molecular flexibility index (Phi) is 3.72. The minimum absolute atomic E-state index is 0.0123. The third-order valence-electron chi connectivity index (χ3n) is 4.40. The van der Waals surface area contributed by atoms with Crippen LogP contribution in [0.1, 0.15) is 15.9 Å². The first-order chi connectivity index (χ1) is 12.1. The number of nitrogens with zero attached hydrogens (tertiary/aromatic N) is 4. The van der Waals surface area contributed by atoms with Gasteiger partial charge in [-0.1, -0.05) is 6.07 Å². The van der Waals surface area contributed by atoms with Crippen molar-refractivity contribution in [2.75, 3.05) is 25.5 Å². The number of carbonyl (C=O) groups is 1. The number of amides is 1. The molecule has 126 valence electrons. The number of aromatic nitrogens is 3. The number of imidazole rings is 1. The first-order valence-electron chi connectivity index (χ1n) is 8.22. The average Bonchev–Trinajstić information content (AvgIpc) is 3.11. The lowest BCUT2D eigenvalue weighted by atomic mass is 9.99. The van der Waals surface area contributed by atoms with Crippen molar-refractivity contribution < 1.29 is 4.79 Å². The molecule has 3 heterocycles. The van der Waals surface area contributed by atoms with Gasteiger partial charge < -0.3 is 10.2 Å². The summed E-state index contributed by atoms with van der Waals surface area (Å²) in [4.78, 5) is 23.0. The fraction of sp³-hybridized carbons (Fsp3) is 0.211. The zero-order valence-electron chi connectivity index (χ0n) is 14.2. The van der Waals surface area contributed by atoms with E-state index in [0.717, 1.165) is 40.4 Å². The number of pyridine rings is 1. The van der Waals surface area contributed by atoms with Crippen LogP contribution in [-0.2, 0) is 6.42 Å². The van der Waals surface area contributed by atoms with Crippen molar-refractivity contribution in [1.29, 1.82) is 0 Å². The minimum atomic E-state index is -0.0123. The molecular formula is C19H19N5O. The van der Waals surface area contributed by atoms with Crippen LogP contribution in [0.3, 0.4) is 0 Å². The maximum absolute atomic E-state index is 12.1. The average molecular weight is 333 g/mol. The van der Waals surface area contributed by atoms with Gasteiger partial charge in [0.1, 0.15) is 11.6 Å². The van der Waals surface area contributed by atoms with Gasteiger partial charge in [0, 0.05) is 56.0 Å². The number of fused-ring (bicyclic) bond motifs is 1. The molecule has 4 rings (SSSR count). The van der Waals surface area contributed by atoms with Gasteiger partial charge in [-0.05, 0) is 36.2 Å². The zero-order chi connectivity index (χ0) is 17.4. The summed E-state index contributed by atoms with van der Waals surface area (Å²) in [5.41, 5.74) is 3.67. The molecule has 1 aliphatic heterocycles. The highest BCUT2D eigenvalue weighted by molar-refractivity contribution is 5.97. The molecule has 0 radical (unpaired) electrons. The summed E-state index contributed by atoms with van der Waals surface area (Å²) in [5.74, 6) is 1.68. The van der Waals surface area contributed by atoms with Crippen LogP contribution in [0.4, 0.5) is 5.82 Å². The molecule has 0 saturated carbocycles. The van der Waals surface area contributed by atoms with Crippen LogP contribution in [-0.4, -0.2) is 41.1 Å². The summed E-state index contributed by atoms with van der Waals surface area (Å²) in [6, 6.07) is 9.96. The lowest BCUT2D eigenvalue weighted by Gasteiger charge is -2.18. The van der Waals surface area contributed by atoms with Gasteiger partial charge in [0.25, 0.3) is 5.91 Å². The number of carbonyl (C=O) groups excluding carboxylic acids is 1. The summed E-state index contributed by atoms with van der Waals surface area (Å²) in [5, 5.41) is 2.90. The van der Waals surface area contributed by atoms with E-state index in [-0.39, 0.29) is 5.91 Å². The largest absolute Gasteiger partial charge is 0.363 e. The normalized spacial score (nSPS) is 13.3. The number of rotatable bonds is 3. The molecule has 2 aromatic heterocycles. The molecule has 0 unspecified atom stereocenters. The Morgan fingerprint density at radius 3 is 2.80 bits per heavy atom. The Hall–Kier alpha value is -3.15. The van der Waals surface area contributed by atoms with Gasteiger partial charge in [0.2, 0.25) is 0 Å². The molecule has 0 fully saturated rings. The molecule has 1 aliphatic rings. The quantitative estimate of drug-likeness (QED) is 0.799. The van der Waals surface area contributed by atoms with E-state index in [0.29, 0.717) is 6.54 Å². The van der Waals surface area contributed by atoms with Crippen LogP contribution in [0.15, 0.2) is 48.9 Å². The van der Waals surface area contributed by atoms with Gasteiger partial charge in [-0.2, -0.15) is 0 Å². The van der Waals surface area contributed by atoms with Gasteiger partial charge in [-0.3, -0.25) is 9.36 Å². The fourth-order valence-corrected chi connectivity index (χ4v) is 3.06. The monoisotopic (exact) mass is 333 g/mol. The predicted octanol–water partition coefficient (Wildman–Crippen LogP) is 2.29. The van der Waals surface area contributed by atoms with Crippen LogP contribution in [0.25, 0.3) is 17.1 Å². The Morgan fingerprint density at radius 1 is 1.16 bits per heavy atom. The maximum atomic E-state index is 12.1. The zero-order valence-corrected chi connectivity index (χ0v) is 14.2. The van der Waals surface area contributed by atoms with E-state index in [1.807, 2.05) is 66.3 Å². The fourth-order valence-electron chi connectivity index (χ4n) is 3.06. The number of benzene rings is 1. The second kappa shape index (κ2) is 6.05. The highest BCUT2D eigenvalue weighted by Crippen LogP contribution is 2.24. The molecule has 1 N–H and O–H groups in total. The van der Waals surface area contributed by atoms with E-state index in [1.165, 1.54) is 0 Å². The van der Waals surface area contributed by atoms with E-state index in [9.17, 15) is 4.79 Å². The van der Waals surface area contributed by atoms with E-state index in [1.54, 1.807) is 6.20 Å². The first-order valence-corrected chi connectivity index (χ1v) is 8.22. The Balaban J connectivity index is 1.75. The summed E-state index contributed by atoms with van der Waals surface area (Å²) in [6.45, 7) is 0.700. The topological polar surface area (TPSA) is 63.1 Å². The van der Waals surface area contributed by atoms with Crippen LogP contribution >= 0.6 is 0 Å². The maximum Gasteiger partial charge on any atom is 0.251 e. The van der Waals surface area contributed by atoms with Crippen LogP contribution in [0.2, 0.25) is 0 Å². The lowest BCUT2D eigenvalue weighted by Crippen LogP contribution is -2.31. The van der Waals surface area contributed by atoms with Gasteiger partial charge in [0.05, 0.1) is 0 Å². The van der Waals surface area contributed by atoms with Crippen molar-refractivity contribution in [2.45, 2.75) is 6.42 Å². The molecule has 0 atom stereocenters. The Labute approximate surface area is 146 Å². The molecule has 25 heavy (non-hydrogen) atoms. The smallest absolute Gasteiger partial charge is 0.251 e. The van der Waals surface area contributed by atoms with Crippen molar-refractivity contribution in [1.82, 2.24) is 19.9 Å². The molecule has 0 bridgehead atoms. The summed E-state index contributed by atoms with van der Waals surface area (Å²) >= 11 is 0. The van der Waals surface area contributed by atoms with Crippen LogP contribution in [0.5, 0.6) is 0 Å². The van der Waals surface area contributed by atoms with Crippen LogP contribution in [0, 0.1) is 0 Å². The third kappa shape index (κ3) is 2.76. The Bertz CT molecular complexity index is 927. The minimum Gasteiger partial charge on any atom is -0.363 e. The van der Waals surface area contributed by atoms with E-state index >= 15 is 0 Å². The number of hydrogen-bond acceptors (Lipinski definition) is 4. The molecule has 6 heteroatoms. The van der Waals surface area contributed by atoms with E-state index in [4.69, 9.17) is 0 Å². The summed E-state index contributed by atoms with van der Waals surface area (Å²) < 4.78 is 1.98. The van der Waals surface area contributed by atoms with E-state index in [2.05, 4.69) is 15.3 Å². The van der Waals surface area contributed by atoms with Gasteiger partial charge >= 0.3 is 0 Å². The van der Waals surface area contributed by atoms with Crippen LogP contribution < -0.4 is 10.2 Å². The SMILES string of the molecule is CN(C)c1ccc(-c2nccn2-c2ccc3c(c2)C(=O)NCC3)cn1. The molecule has 6 nitrogen and oxygen atoms in total. The highest BCUT2D eigenvalue weighted by atomic mass is 16.1. The molecule has 1 amide bonds. The summed E-state index contributed by atoms with van der Waals surface area (Å²) in [6.07, 6.45) is 6.35.